The zero-order valence-corrected chi connectivity index (χ0v) is 25.3. The Balaban J connectivity index is 1.91. The molecule has 0 spiro atoms. The van der Waals surface area contributed by atoms with Crippen molar-refractivity contribution in [3.8, 4) is 11.5 Å². The smallest absolute Gasteiger partial charge is 0.161 e. The quantitative estimate of drug-likeness (QED) is 0.369. The molecule has 1 aliphatic rings. The van der Waals surface area contributed by atoms with Crippen LogP contribution in [0, 0.1) is 0 Å². The first-order valence-electron chi connectivity index (χ1n) is 13.3. The SMILES string of the molecule is CC(C)(C)[P@]1CCOCCOCCOc2ccccc2OCCOCCOCC[P@](C(C)(C)C)CC1. The molecule has 6 nitrogen and oxygen atoms in total. The van der Waals surface area contributed by atoms with Crippen molar-refractivity contribution in [2.45, 2.75) is 51.9 Å². The van der Waals surface area contributed by atoms with E-state index in [1.54, 1.807) is 0 Å². The van der Waals surface area contributed by atoms with E-state index in [-0.39, 0.29) is 15.8 Å². The second-order valence-corrected chi connectivity index (χ2v) is 17.5. The summed E-state index contributed by atoms with van der Waals surface area (Å²) in [6, 6.07) is 7.71. The summed E-state index contributed by atoms with van der Waals surface area (Å²) in [5.74, 6) is 1.45. The number of para-hydroxylation sites is 2. The van der Waals surface area contributed by atoms with Crippen LogP contribution in [0.1, 0.15) is 41.5 Å². The fourth-order valence-corrected chi connectivity index (χ4v) is 9.67. The normalized spacial score (nSPS) is 23.9. The second-order valence-electron chi connectivity index (χ2n) is 10.9. The van der Waals surface area contributed by atoms with Gasteiger partial charge in [-0.2, -0.15) is 0 Å². The fourth-order valence-electron chi connectivity index (χ4n) is 3.91. The van der Waals surface area contributed by atoms with Crippen LogP contribution in [0.25, 0.3) is 0 Å². The average Bonchev–Trinajstić information content (AvgIpc) is 2.80. The van der Waals surface area contributed by atoms with Crippen LogP contribution < -0.4 is 9.47 Å². The zero-order chi connectivity index (χ0) is 26.3. The largest absolute Gasteiger partial charge is 0.487 e. The third-order valence-corrected chi connectivity index (χ3v) is 13.2. The van der Waals surface area contributed by atoms with Gasteiger partial charge in [-0.15, -0.1) is 0 Å². The Hall–Kier alpha value is -0.480. The highest BCUT2D eigenvalue weighted by molar-refractivity contribution is 7.63. The van der Waals surface area contributed by atoms with Crippen LogP contribution in [0.3, 0.4) is 0 Å². The van der Waals surface area contributed by atoms with Gasteiger partial charge in [0.05, 0.1) is 52.9 Å². The third kappa shape index (κ3) is 13.4. The maximum atomic E-state index is 5.95. The van der Waals surface area contributed by atoms with Crippen LogP contribution in [0.4, 0.5) is 0 Å². The van der Waals surface area contributed by atoms with Crippen LogP contribution in [-0.4, -0.2) is 101 Å². The second kappa shape index (κ2) is 17.2. The standard InChI is InChI=1S/C28H50O6P2/c1-27(2,3)35-21-19-31-13-11-29-15-17-33-25-9-7-8-10-26(25)34-18-16-30-12-14-32-20-22-36(24-23-35)28(4,5)6/h7-10H,11-24H2,1-6H3/t35-,36+. The first kappa shape index (κ1) is 31.7. The van der Waals surface area contributed by atoms with Crippen LogP contribution in [0.5, 0.6) is 11.5 Å². The Morgan fingerprint density at radius 3 is 1.17 bits per heavy atom. The molecule has 0 amide bonds. The molecule has 1 heterocycles. The minimum absolute atomic E-state index is 0.103. The Morgan fingerprint density at radius 2 is 0.806 bits per heavy atom. The molecule has 0 N–H and O–H groups in total. The number of hydrogen-bond acceptors (Lipinski definition) is 6. The van der Waals surface area contributed by atoms with Gasteiger partial charge < -0.3 is 28.4 Å². The van der Waals surface area contributed by atoms with Crippen LogP contribution in [-0.2, 0) is 18.9 Å². The first-order valence-corrected chi connectivity index (χ1v) is 16.8. The van der Waals surface area contributed by atoms with Crippen molar-refractivity contribution in [2.24, 2.45) is 0 Å². The summed E-state index contributed by atoms with van der Waals surface area (Å²) in [5.41, 5.74) is 0. The number of hydrogen-bond donors (Lipinski definition) is 0. The summed E-state index contributed by atoms with van der Waals surface area (Å²) < 4.78 is 35.1. The van der Waals surface area contributed by atoms with Crippen molar-refractivity contribution >= 4 is 15.8 Å². The van der Waals surface area contributed by atoms with Crippen molar-refractivity contribution in [1.82, 2.24) is 0 Å². The van der Waals surface area contributed by atoms with Gasteiger partial charge in [0.25, 0.3) is 0 Å². The minimum atomic E-state index is -0.103. The lowest BCUT2D eigenvalue weighted by Gasteiger charge is -2.36. The molecule has 1 aromatic rings. The third-order valence-electron chi connectivity index (χ3n) is 6.11. The lowest BCUT2D eigenvalue weighted by atomic mass is 10.3. The van der Waals surface area contributed by atoms with E-state index in [1.807, 2.05) is 24.3 Å². The predicted molar refractivity (Wildman–Crippen MR) is 154 cm³/mol. The predicted octanol–water partition coefficient (Wildman–Crippen LogP) is 6.09. The molecule has 36 heavy (non-hydrogen) atoms. The molecule has 0 saturated carbocycles. The lowest BCUT2D eigenvalue weighted by molar-refractivity contribution is 0.0374. The van der Waals surface area contributed by atoms with Gasteiger partial charge in [-0.05, 0) is 47.1 Å². The highest BCUT2D eigenvalue weighted by Crippen LogP contribution is 2.55. The Labute approximate surface area is 222 Å². The molecule has 1 aromatic carbocycles. The van der Waals surface area contributed by atoms with Crippen molar-refractivity contribution in [3.63, 3.8) is 0 Å². The van der Waals surface area contributed by atoms with E-state index in [0.717, 1.165) is 37.0 Å². The van der Waals surface area contributed by atoms with E-state index in [2.05, 4.69) is 41.5 Å². The minimum Gasteiger partial charge on any atom is -0.487 e. The van der Waals surface area contributed by atoms with Crippen molar-refractivity contribution in [3.05, 3.63) is 24.3 Å². The molecule has 2 rings (SSSR count). The molecule has 0 unspecified atom stereocenters. The van der Waals surface area contributed by atoms with Crippen LogP contribution in [0.15, 0.2) is 24.3 Å². The van der Waals surface area contributed by atoms with Crippen molar-refractivity contribution in [1.29, 1.82) is 0 Å². The van der Waals surface area contributed by atoms with Gasteiger partial charge in [0.15, 0.2) is 11.5 Å². The molecule has 0 bridgehead atoms. The summed E-state index contributed by atoms with van der Waals surface area (Å²) in [4.78, 5) is 0. The van der Waals surface area contributed by atoms with Gasteiger partial charge in [-0.25, -0.2) is 0 Å². The monoisotopic (exact) mass is 544 g/mol. The summed E-state index contributed by atoms with van der Waals surface area (Å²) in [7, 11) is -0.206. The van der Waals surface area contributed by atoms with Gasteiger partial charge in [0.1, 0.15) is 13.2 Å². The zero-order valence-electron chi connectivity index (χ0n) is 23.6. The van der Waals surface area contributed by atoms with Gasteiger partial charge in [0, 0.05) is 0 Å². The van der Waals surface area contributed by atoms with Gasteiger partial charge in [-0.3, -0.25) is 0 Å². The molecule has 0 aliphatic carbocycles. The lowest BCUT2D eigenvalue weighted by Crippen LogP contribution is -2.23. The molecule has 0 fully saturated rings. The number of ether oxygens (including phenoxy) is 6. The van der Waals surface area contributed by atoms with E-state index in [4.69, 9.17) is 28.4 Å². The molecule has 0 saturated heterocycles. The molecule has 2 atom stereocenters. The topological polar surface area (TPSA) is 55.4 Å². The van der Waals surface area contributed by atoms with Crippen LogP contribution in [0.2, 0.25) is 0 Å². The van der Waals surface area contributed by atoms with Crippen molar-refractivity contribution in [2.75, 3.05) is 90.7 Å². The van der Waals surface area contributed by atoms with E-state index in [9.17, 15) is 0 Å². The maximum Gasteiger partial charge on any atom is 0.161 e. The van der Waals surface area contributed by atoms with Gasteiger partial charge in [0.2, 0.25) is 0 Å². The average molecular weight is 545 g/mol. The molecule has 208 valence electrons. The Kier molecular flexibility index (Phi) is 15.1. The van der Waals surface area contributed by atoms with E-state index in [1.165, 1.54) is 12.3 Å². The fraction of sp³-hybridized carbons (Fsp3) is 0.786. The highest BCUT2D eigenvalue weighted by atomic mass is 31.1. The molecule has 0 radical (unpaired) electrons. The van der Waals surface area contributed by atoms with Gasteiger partial charge in [-0.1, -0.05) is 69.5 Å². The summed E-state index contributed by atoms with van der Waals surface area (Å²) in [6.07, 6.45) is 4.92. The van der Waals surface area contributed by atoms with Crippen LogP contribution >= 0.6 is 15.8 Å². The molecule has 0 aromatic heterocycles. The highest BCUT2D eigenvalue weighted by Gasteiger charge is 2.28. The maximum absolute atomic E-state index is 5.95. The number of benzene rings is 1. The van der Waals surface area contributed by atoms with E-state index in [0.29, 0.717) is 63.2 Å². The van der Waals surface area contributed by atoms with E-state index >= 15 is 0 Å². The molecule has 1 aliphatic heterocycles. The Bertz CT molecular complexity index is 645. The molecular weight excluding hydrogens is 494 g/mol. The molecular formula is C28H50O6P2. The number of rotatable bonds is 0. The van der Waals surface area contributed by atoms with Crippen molar-refractivity contribution < 1.29 is 28.4 Å². The summed E-state index contributed by atoms with van der Waals surface area (Å²) in [6.45, 7) is 20.4. The Morgan fingerprint density at radius 1 is 0.472 bits per heavy atom. The van der Waals surface area contributed by atoms with E-state index < -0.39 is 0 Å². The summed E-state index contributed by atoms with van der Waals surface area (Å²) in [5, 5.41) is 0.675. The molecule has 8 heteroatoms. The number of fused-ring (bicyclic) bond motifs is 1. The van der Waals surface area contributed by atoms with Gasteiger partial charge >= 0.3 is 0 Å². The first-order chi connectivity index (χ1) is 17.2. The summed E-state index contributed by atoms with van der Waals surface area (Å²) >= 11 is 0.